The maximum atomic E-state index is 13.1. The summed E-state index contributed by atoms with van der Waals surface area (Å²) < 4.78 is 0. The van der Waals surface area contributed by atoms with Crippen molar-refractivity contribution < 1.29 is 9.59 Å². The molecule has 0 aromatic heterocycles. The number of urea groups is 1. The first kappa shape index (κ1) is 20.7. The van der Waals surface area contributed by atoms with Gasteiger partial charge in [0.15, 0.2) is 0 Å². The van der Waals surface area contributed by atoms with E-state index in [0.29, 0.717) is 12.1 Å². The van der Waals surface area contributed by atoms with Crippen molar-refractivity contribution in [3.8, 4) is 0 Å². The highest BCUT2D eigenvalue weighted by Gasteiger charge is 2.31. The van der Waals surface area contributed by atoms with Gasteiger partial charge in [0.05, 0.1) is 0 Å². The van der Waals surface area contributed by atoms with Crippen LogP contribution in [-0.2, 0) is 13.0 Å². The van der Waals surface area contributed by atoms with Gasteiger partial charge in [-0.1, -0.05) is 36.4 Å². The Morgan fingerprint density at radius 1 is 0.968 bits per heavy atom. The van der Waals surface area contributed by atoms with E-state index < -0.39 is 0 Å². The Bertz CT molecular complexity index is 1120. The number of nitrogens with one attached hydrogen (secondary N) is 2. The van der Waals surface area contributed by atoms with Crippen LogP contribution in [0.3, 0.4) is 0 Å². The number of carbonyl (C=O) groups is 2. The summed E-state index contributed by atoms with van der Waals surface area (Å²) in [6, 6.07) is 21.1. The average Bonchev–Trinajstić information content (AvgIpc) is 3.10. The molecule has 1 heterocycles. The van der Waals surface area contributed by atoms with E-state index in [1.165, 1.54) is 5.56 Å². The van der Waals surface area contributed by atoms with Crippen LogP contribution in [0.2, 0.25) is 0 Å². The average molecular weight is 414 g/mol. The smallest absolute Gasteiger partial charge is 0.319 e. The third-order valence-electron chi connectivity index (χ3n) is 5.82. The number of nitrogens with zero attached hydrogens (tertiary/aromatic N) is 1. The number of hydrogen-bond acceptors (Lipinski definition) is 2. The number of anilines is 2. The first-order valence-electron chi connectivity index (χ1n) is 10.5. The lowest BCUT2D eigenvalue weighted by molar-refractivity contribution is 0.0981. The molecule has 5 heteroatoms. The Labute approximate surface area is 183 Å². The number of rotatable bonds is 4. The van der Waals surface area contributed by atoms with E-state index in [0.717, 1.165) is 34.5 Å². The molecular weight excluding hydrogens is 386 g/mol. The maximum Gasteiger partial charge on any atom is 0.319 e. The molecule has 0 bridgehead atoms. The molecule has 0 saturated heterocycles. The fourth-order valence-electron chi connectivity index (χ4n) is 3.97. The molecule has 3 aromatic carbocycles. The molecule has 2 N–H and O–H groups in total. The predicted molar refractivity (Wildman–Crippen MR) is 125 cm³/mol. The number of fused-ring (bicyclic) bond motifs is 1. The third-order valence-corrected chi connectivity index (χ3v) is 5.82. The van der Waals surface area contributed by atoms with Gasteiger partial charge >= 0.3 is 6.03 Å². The molecule has 4 rings (SSSR count). The molecule has 158 valence electrons. The van der Waals surface area contributed by atoms with Crippen molar-refractivity contribution in [3.05, 3.63) is 94.5 Å². The zero-order valence-corrected chi connectivity index (χ0v) is 18.1. The molecule has 5 nitrogen and oxygen atoms in total. The lowest BCUT2D eigenvalue weighted by Crippen LogP contribution is -2.35. The number of amides is 3. The molecule has 3 amide bonds. The highest BCUT2D eigenvalue weighted by Crippen LogP contribution is 2.34. The van der Waals surface area contributed by atoms with Gasteiger partial charge in [0.25, 0.3) is 5.91 Å². The van der Waals surface area contributed by atoms with Crippen LogP contribution in [0.5, 0.6) is 0 Å². The van der Waals surface area contributed by atoms with E-state index in [2.05, 4.69) is 23.6 Å². The monoisotopic (exact) mass is 413 g/mol. The summed E-state index contributed by atoms with van der Waals surface area (Å²) in [5.41, 5.74) is 6.80. The van der Waals surface area contributed by atoms with Crippen molar-refractivity contribution in [1.29, 1.82) is 0 Å². The van der Waals surface area contributed by atoms with Crippen LogP contribution < -0.4 is 15.5 Å². The molecule has 0 saturated carbocycles. The van der Waals surface area contributed by atoms with Crippen molar-refractivity contribution in [2.45, 2.75) is 39.8 Å². The van der Waals surface area contributed by atoms with Gasteiger partial charge in [-0.3, -0.25) is 4.79 Å². The molecule has 3 aromatic rings. The second-order valence-electron chi connectivity index (χ2n) is 8.16. The molecule has 1 atom stereocenters. The van der Waals surface area contributed by atoms with Gasteiger partial charge in [-0.05, 0) is 79.8 Å². The van der Waals surface area contributed by atoms with Crippen LogP contribution in [0.25, 0.3) is 0 Å². The molecule has 31 heavy (non-hydrogen) atoms. The van der Waals surface area contributed by atoms with Crippen LogP contribution >= 0.6 is 0 Å². The molecule has 0 spiro atoms. The fraction of sp³-hybridized carbons (Fsp3) is 0.231. The van der Waals surface area contributed by atoms with Gasteiger partial charge in [0.2, 0.25) is 0 Å². The molecule has 1 aliphatic heterocycles. The minimum Gasteiger partial charge on any atom is -0.334 e. The Balaban J connectivity index is 1.45. The lowest BCUT2D eigenvalue weighted by Gasteiger charge is -2.23. The lowest BCUT2D eigenvalue weighted by atomic mass is 10.1. The Hall–Kier alpha value is -3.60. The standard InChI is InChI=1S/C26H27N3O2/c1-17-9-12-23(13-18(17)2)28-26(31)27-16-20-10-11-22-14-19(3)29(24(22)15-20)25(30)21-7-5-4-6-8-21/h4-13,15,19H,14,16H2,1-3H3,(H2,27,28,31)/t19-/m1/s1. The predicted octanol–water partition coefficient (Wildman–Crippen LogP) is 5.22. The zero-order valence-electron chi connectivity index (χ0n) is 18.1. The Morgan fingerprint density at radius 2 is 1.74 bits per heavy atom. The van der Waals surface area contributed by atoms with E-state index in [1.807, 2.05) is 79.4 Å². The van der Waals surface area contributed by atoms with Gasteiger partial charge < -0.3 is 15.5 Å². The van der Waals surface area contributed by atoms with Crippen LogP contribution in [0, 0.1) is 13.8 Å². The summed E-state index contributed by atoms with van der Waals surface area (Å²) in [4.78, 5) is 27.3. The number of carbonyl (C=O) groups excluding carboxylic acids is 2. The van der Waals surface area contributed by atoms with Crippen LogP contribution in [0.1, 0.15) is 39.5 Å². The highest BCUT2D eigenvalue weighted by atomic mass is 16.2. The van der Waals surface area contributed by atoms with E-state index in [1.54, 1.807) is 0 Å². The SMILES string of the molecule is Cc1ccc(NC(=O)NCc2ccc3c(c2)N(C(=O)c2ccccc2)[C@H](C)C3)cc1C. The zero-order chi connectivity index (χ0) is 22.0. The topological polar surface area (TPSA) is 61.4 Å². The summed E-state index contributed by atoms with van der Waals surface area (Å²) in [5.74, 6) is 0.00411. The molecular formula is C26H27N3O2. The van der Waals surface area contributed by atoms with E-state index in [9.17, 15) is 9.59 Å². The summed E-state index contributed by atoms with van der Waals surface area (Å²) in [6.07, 6.45) is 0.828. The van der Waals surface area contributed by atoms with Gasteiger partial charge in [-0.15, -0.1) is 0 Å². The second kappa shape index (κ2) is 8.64. The first-order chi connectivity index (χ1) is 14.9. The van der Waals surface area contributed by atoms with Crippen LogP contribution in [-0.4, -0.2) is 18.0 Å². The van der Waals surface area contributed by atoms with Crippen molar-refractivity contribution in [3.63, 3.8) is 0 Å². The normalized spacial score (nSPS) is 14.8. The van der Waals surface area contributed by atoms with Crippen molar-refractivity contribution in [2.24, 2.45) is 0 Å². The summed E-state index contributed by atoms with van der Waals surface area (Å²) in [7, 11) is 0. The van der Waals surface area contributed by atoms with Gasteiger partial charge in [-0.2, -0.15) is 0 Å². The largest absolute Gasteiger partial charge is 0.334 e. The summed E-state index contributed by atoms with van der Waals surface area (Å²) >= 11 is 0. The minimum atomic E-state index is -0.255. The summed E-state index contributed by atoms with van der Waals surface area (Å²) in [6.45, 7) is 6.51. The quantitative estimate of drug-likeness (QED) is 0.616. The van der Waals surface area contributed by atoms with Crippen molar-refractivity contribution in [1.82, 2.24) is 5.32 Å². The number of hydrogen-bond donors (Lipinski definition) is 2. The maximum absolute atomic E-state index is 13.1. The van der Waals surface area contributed by atoms with Crippen LogP contribution in [0.4, 0.5) is 16.2 Å². The fourth-order valence-corrected chi connectivity index (χ4v) is 3.97. The summed E-state index contributed by atoms with van der Waals surface area (Å²) in [5, 5.41) is 5.78. The van der Waals surface area contributed by atoms with Gasteiger partial charge in [0, 0.05) is 29.5 Å². The van der Waals surface area contributed by atoms with E-state index in [-0.39, 0.29) is 18.0 Å². The third kappa shape index (κ3) is 4.45. The second-order valence-corrected chi connectivity index (χ2v) is 8.16. The molecule has 0 aliphatic carbocycles. The van der Waals surface area contributed by atoms with Gasteiger partial charge in [0.1, 0.15) is 0 Å². The van der Waals surface area contributed by atoms with Crippen LogP contribution in [0.15, 0.2) is 66.7 Å². The molecule has 1 aliphatic rings. The van der Waals surface area contributed by atoms with Gasteiger partial charge in [-0.25, -0.2) is 4.79 Å². The molecule has 0 fully saturated rings. The van der Waals surface area contributed by atoms with E-state index >= 15 is 0 Å². The molecule has 0 radical (unpaired) electrons. The Kier molecular flexibility index (Phi) is 5.76. The van der Waals surface area contributed by atoms with E-state index in [4.69, 9.17) is 0 Å². The first-order valence-corrected chi connectivity index (χ1v) is 10.5. The molecule has 0 unspecified atom stereocenters. The van der Waals surface area contributed by atoms with Crippen molar-refractivity contribution >= 4 is 23.3 Å². The van der Waals surface area contributed by atoms with Crippen molar-refractivity contribution in [2.75, 3.05) is 10.2 Å². The number of aryl methyl sites for hydroxylation is 2. The highest BCUT2D eigenvalue weighted by molar-refractivity contribution is 6.07. The Morgan fingerprint density at radius 3 is 2.48 bits per heavy atom. The minimum absolute atomic E-state index is 0.00411. The number of benzene rings is 3.